The molecule has 2 aliphatic heterocycles. The van der Waals surface area contributed by atoms with Crippen LogP contribution in [-0.4, -0.2) is 40.6 Å². The maximum absolute atomic E-state index is 10.5. The van der Waals surface area contributed by atoms with E-state index in [0.29, 0.717) is 29.9 Å². The zero-order valence-corrected chi connectivity index (χ0v) is 22.3. The van der Waals surface area contributed by atoms with Crippen LogP contribution in [0.4, 0.5) is 0 Å². The molecule has 5 nitrogen and oxygen atoms in total. The minimum absolute atomic E-state index is 0.0592. The van der Waals surface area contributed by atoms with Crippen LogP contribution in [0.25, 0.3) is 0 Å². The van der Waals surface area contributed by atoms with E-state index in [1.54, 1.807) is 0 Å². The molecule has 4 aliphatic carbocycles. The third kappa shape index (κ3) is 3.52. The molecule has 0 radical (unpaired) electrons. The van der Waals surface area contributed by atoms with Crippen molar-refractivity contribution in [1.29, 1.82) is 0 Å². The van der Waals surface area contributed by atoms with Crippen molar-refractivity contribution in [2.75, 3.05) is 13.7 Å². The van der Waals surface area contributed by atoms with E-state index in [1.807, 2.05) is 19.2 Å². The number of nitrogens with one attached hydrogen (secondary N) is 1. The first-order valence-electron chi connectivity index (χ1n) is 14.3. The number of rotatable bonds is 3. The normalized spacial score (nSPS) is 42.4. The molecule has 5 fully saturated rings. The summed E-state index contributed by atoms with van der Waals surface area (Å²) in [5.74, 6) is 9.40. The van der Waals surface area contributed by atoms with Gasteiger partial charge in [0.15, 0.2) is 0 Å². The molecule has 1 aromatic carbocycles. The molecule has 36 heavy (non-hydrogen) atoms. The lowest BCUT2D eigenvalue weighted by atomic mass is 9.40. The van der Waals surface area contributed by atoms with Gasteiger partial charge in [-0.25, -0.2) is 0 Å². The van der Waals surface area contributed by atoms with Crippen LogP contribution >= 0.6 is 0 Å². The van der Waals surface area contributed by atoms with E-state index in [2.05, 4.69) is 31.0 Å². The molecule has 196 valence electrons. The van der Waals surface area contributed by atoms with Crippen LogP contribution in [0.5, 0.6) is 5.75 Å². The summed E-state index contributed by atoms with van der Waals surface area (Å²) in [6.07, 6.45) is 9.60. The van der Waals surface area contributed by atoms with E-state index in [0.717, 1.165) is 44.2 Å². The second kappa shape index (κ2) is 8.73. The minimum atomic E-state index is -0.537. The van der Waals surface area contributed by atoms with E-state index < -0.39 is 5.54 Å². The quantitative estimate of drug-likeness (QED) is 0.481. The second-order valence-corrected chi connectivity index (χ2v) is 13.2. The van der Waals surface area contributed by atoms with Crippen LogP contribution in [0.3, 0.4) is 0 Å². The highest BCUT2D eigenvalue weighted by atomic mass is 16.5. The third-order valence-electron chi connectivity index (χ3n) is 10.9. The zero-order chi connectivity index (χ0) is 25.3. The molecule has 5 heteroatoms. The van der Waals surface area contributed by atoms with Crippen LogP contribution in [0.2, 0.25) is 0 Å². The lowest BCUT2D eigenvalue weighted by Gasteiger charge is -2.73. The molecule has 7 rings (SSSR count). The van der Waals surface area contributed by atoms with E-state index in [-0.39, 0.29) is 35.6 Å². The van der Waals surface area contributed by atoms with Gasteiger partial charge in [-0.3, -0.25) is 0 Å². The molecule has 0 unspecified atom stereocenters. The number of aromatic hydroxyl groups is 1. The van der Waals surface area contributed by atoms with Gasteiger partial charge in [-0.2, -0.15) is 0 Å². The minimum Gasteiger partial charge on any atom is -0.508 e. The fraction of sp³-hybridized carbons (Fsp3) is 0.742. The van der Waals surface area contributed by atoms with Gasteiger partial charge in [0.05, 0.1) is 17.1 Å². The number of fused-ring (bicyclic) bond motifs is 4. The average molecular weight is 493 g/mol. The highest BCUT2D eigenvalue weighted by Gasteiger charge is 2.74. The summed E-state index contributed by atoms with van der Waals surface area (Å²) < 4.78 is 7.26. The Bertz CT molecular complexity index is 1090. The van der Waals surface area contributed by atoms with Gasteiger partial charge in [0.2, 0.25) is 0 Å². The molecule has 1 aromatic rings. The van der Waals surface area contributed by atoms with Crippen molar-refractivity contribution in [3.8, 4) is 17.6 Å². The van der Waals surface area contributed by atoms with E-state index in [9.17, 15) is 10.2 Å². The predicted octanol–water partition coefficient (Wildman–Crippen LogP) is 3.92. The summed E-state index contributed by atoms with van der Waals surface area (Å²) in [5, 5.41) is 24.4. The summed E-state index contributed by atoms with van der Waals surface area (Å²) in [5.41, 5.74) is 10.1. The van der Waals surface area contributed by atoms with E-state index in [4.69, 9.17) is 10.5 Å². The fourth-order valence-electron chi connectivity index (χ4n) is 9.89. The van der Waals surface area contributed by atoms with Crippen molar-refractivity contribution >= 4 is 0 Å². The Balaban J connectivity index is 1.52. The van der Waals surface area contributed by atoms with Gasteiger partial charge < -0.3 is 26.0 Å². The smallest absolute Gasteiger partial charge is 0.116 e. The van der Waals surface area contributed by atoms with Crippen LogP contribution in [0.1, 0.15) is 75.5 Å². The highest BCUT2D eigenvalue weighted by Crippen LogP contribution is 2.67. The average Bonchev–Trinajstić information content (AvgIpc) is 2.83. The van der Waals surface area contributed by atoms with Crippen molar-refractivity contribution < 1.29 is 14.9 Å². The summed E-state index contributed by atoms with van der Waals surface area (Å²) in [6.45, 7) is 5.38. The molecule has 2 saturated heterocycles. The molecule has 8 atom stereocenters. The Hall–Kier alpha value is -1.58. The number of aliphatic hydroxyl groups is 1. The monoisotopic (exact) mass is 492 g/mol. The Morgan fingerprint density at radius 3 is 2.81 bits per heavy atom. The van der Waals surface area contributed by atoms with Gasteiger partial charge in [0.25, 0.3) is 0 Å². The first kappa shape index (κ1) is 24.7. The number of nitrogens with two attached hydrogens (primary N) is 1. The molecule has 3 saturated carbocycles. The highest BCUT2D eigenvalue weighted by molar-refractivity contribution is 5.44. The molecule has 0 aromatic heterocycles. The zero-order valence-electron chi connectivity index (χ0n) is 22.3. The molecular formula is C31H44N2O3. The summed E-state index contributed by atoms with van der Waals surface area (Å²) >= 11 is 0. The Labute approximate surface area is 216 Å². The summed E-state index contributed by atoms with van der Waals surface area (Å²) in [4.78, 5) is 0. The van der Waals surface area contributed by atoms with Crippen molar-refractivity contribution in [1.82, 2.24) is 5.32 Å². The number of phenols is 1. The van der Waals surface area contributed by atoms with Crippen molar-refractivity contribution in [3.63, 3.8) is 0 Å². The number of benzene rings is 1. The van der Waals surface area contributed by atoms with Gasteiger partial charge >= 0.3 is 0 Å². The lowest BCUT2D eigenvalue weighted by Crippen LogP contribution is -2.82. The molecule has 6 bridgehead atoms. The Morgan fingerprint density at radius 2 is 2.03 bits per heavy atom. The molecule has 0 amide bonds. The van der Waals surface area contributed by atoms with Crippen LogP contribution in [0.15, 0.2) is 12.1 Å². The van der Waals surface area contributed by atoms with Crippen LogP contribution in [-0.2, 0) is 24.1 Å². The molecule has 5 N–H and O–H groups in total. The maximum atomic E-state index is 10.5. The molecular weight excluding hydrogens is 448 g/mol. The van der Waals surface area contributed by atoms with Gasteiger partial charge in [0.1, 0.15) is 5.75 Å². The third-order valence-corrected chi connectivity index (χ3v) is 10.9. The van der Waals surface area contributed by atoms with Gasteiger partial charge in [-0.05, 0) is 106 Å². The topological polar surface area (TPSA) is 87.7 Å². The van der Waals surface area contributed by atoms with Crippen molar-refractivity contribution in [2.24, 2.45) is 41.2 Å². The second-order valence-electron chi connectivity index (χ2n) is 13.2. The SMILES string of the molecule is CNCc1cc(O)cc2c1C[C@H]1CCC[C@H](C1)[C@]13C[C@@H]4CC[C@@H](CO)[C@](N)([C@@H]1C#CC2)[C@@H]4C(C)(C)O3. The number of hydrogen-bond acceptors (Lipinski definition) is 5. The number of ether oxygens (including phenoxy) is 1. The van der Waals surface area contributed by atoms with Crippen molar-refractivity contribution in [3.05, 3.63) is 28.8 Å². The van der Waals surface area contributed by atoms with Crippen LogP contribution < -0.4 is 11.1 Å². The summed E-state index contributed by atoms with van der Waals surface area (Å²) in [7, 11) is 1.97. The van der Waals surface area contributed by atoms with E-state index >= 15 is 0 Å². The van der Waals surface area contributed by atoms with Crippen LogP contribution in [0, 0.1) is 47.3 Å². The summed E-state index contributed by atoms with van der Waals surface area (Å²) in [6, 6.07) is 3.85. The molecule has 6 aliphatic rings. The van der Waals surface area contributed by atoms with Crippen molar-refractivity contribution in [2.45, 2.75) is 94.9 Å². The lowest BCUT2D eigenvalue weighted by molar-refractivity contribution is -0.339. The molecule has 1 spiro atoms. The largest absolute Gasteiger partial charge is 0.508 e. The number of phenolic OH excluding ortho intramolecular Hbond substituents is 1. The maximum Gasteiger partial charge on any atom is 0.116 e. The predicted molar refractivity (Wildman–Crippen MR) is 141 cm³/mol. The van der Waals surface area contributed by atoms with Gasteiger partial charge in [-0.1, -0.05) is 24.7 Å². The number of hydrogen-bond donors (Lipinski definition) is 4. The van der Waals surface area contributed by atoms with E-state index in [1.165, 1.54) is 30.4 Å². The molecule has 2 heterocycles. The first-order chi connectivity index (χ1) is 17.2. The Morgan fingerprint density at radius 1 is 1.19 bits per heavy atom. The van der Waals surface area contributed by atoms with Gasteiger partial charge in [-0.15, -0.1) is 0 Å². The number of aliphatic hydroxyl groups excluding tert-OH is 1. The first-order valence-corrected chi connectivity index (χ1v) is 14.3. The fourth-order valence-corrected chi connectivity index (χ4v) is 9.89. The Kier molecular flexibility index (Phi) is 6.00. The standard InChI is InChI=1S/C31H44N2O3/c1-29(2)28-21-10-11-24(18-34)31(28,32)27-9-5-7-20-14-25(35)15-22(17-33-3)26(20)13-19-6-4-8-23(12-19)30(27,16-21)36-29/h14-15,19,21,23-24,27-28,33-35H,4,6-8,10-13,16-18,32H2,1-3H3/t19-,21-,23+,24-,27+,28-,30+,31-/m0/s1. The van der Waals surface area contributed by atoms with Gasteiger partial charge in [0, 0.05) is 36.9 Å².